The van der Waals surface area contributed by atoms with Crippen molar-refractivity contribution in [2.75, 3.05) is 13.6 Å². The highest BCUT2D eigenvalue weighted by Crippen LogP contribution is 2.22. The van der Waals surface area contributed by atoms with Gasteiger partial charge in [0.15, 0.2) is 5.78 Å². The average Bonchev–Trinajstić information content (AvgIpc) is 3.04. The molecule has 4 heteroatoms. The number of thiophene rings is 1. The van der Waals surface area contributed by atoms with Gasteiger partial charge in [0.2, 0.25) is 0 Å². The maximum atomic E-state index is 12.6. The number of aromatic nitrogens is 1. The predicted octanol–water partition coefficient (Wildman–Crippen LogP) is 3.85. The van der Waals surface area contributed by atoms with Crippen molar-refractivity contribution in [2.45, 2.75) is 13.5 Å². The van der Waals surface area contributed by atoms with Gasteiger partial charge in [-0.2, -0.15) is 11.3 Å². The Morgan fingerprint density at radius 1 is 1.29 bits per heavy atom. The lowest BCUT2D eigenvalue weighted by Gasteiger charge is -2.15. The number of aromatic amines is 1. The van der Waals surface area contributed by atoms with Gasteiger partial charge < -0.3 is 4.98 Å². The monoisotopic (exact) mass is 298 g/mol. The largest absolute Gasteiger partial charge is 0.358 e. The van der Waals surface area contributed by atoms with Gasteiger partial charge in [-0.3, -0.25) is 9.69 Å². The number of hydrogen-bond acceptors (Lipinski definition) is 3. The van der Waals surface area contributed by atoms with Crippen molar-refractivity contribution in [2.24, 2.45) is 0 Å². The maximum Gasteiger partial charge on any atom is 0.179 e. The Morgan fingerprint density at radius 2 is 2.10 bits per heavy atom. The van der Waals surface area contributed by atoms with Gasteiger partial charge in [0.25, 0.3) is 0 Å². The molecule has 1 aromatic carbocycles. The summed E-state index contributed by atoms with van der Waals surface area (Å²) in [6.07, 6.45) is 0. The second-order valence-corrected chi connectivity index (χ2v) is 6.18. The minimum Gasteiger partial charge on any atom is -0.358 e. The number of para-hydroxylation sites is 1. The highest BCUT2D eigenvalue weighted by molar-refractivity contribution is 7.07. The van der Waals surface area contributed by atoms with E-state index in [0.717, 1.165) is 28.7 Å². The molecule has 0 bridgehead atoms. The van der Waals surface area contributed by atoms with Crippen LogP contribution in [-0.4, -0.2) is 29.3 Å². The van der Waals surface area contributed by atoms with Crippen molar-refractivity contribution in [1.29, 1.82) is 0 Å². The lowest BCUT2D eigenvalue weighted by molar-refractivity contribution is 0.0944. The molecule has 0 amide bonds. The minimum absolute atomic E-state index is 0.169. The molecular formula is C17H18N2OS. The Kier molecular flexibility index (Phi) is 3.90. The molecule has 1 N–H and O–H groups in total. The van der Waals surface area contributed by atoms with E-state index in [1.165, 1.54) is 5.56 Å². The molecule has 3 rings (SSSR count). The zero-order valence-corrected chi connectivity index (χ0v) is 13.0. The van der Waals surface area contributed by atoms with Crippen molar-refractivity contribution in [3.63, 3.8) is 0 Å². The summed E-state index contributed by atoms with van der Waals surface area (Å²) in [6.45, 7) is 3.20. The fraction of sp³-hybridized carbons (Fsp3) is 0.235. The lowest BCUT2D eigenvalue weighted by Crippen LogP contribution is -2.25. The van der Waals surface area contributed by atoms with Crippen molar-refractivity contribution in [3.8, 4) is 0 Å². The van der Waals surface area contributed by atoms with Gasteiger partial charge >= 0.3 is 0 Å². The van der Waals surface area contributed by atoms with Crippen molar-refractivity contribution in [1.82, 2.24) is 9.88 Å². The Hall–Kier alpha value is -1.91. The summed E-state index contributed by atoms with van der Waals surface area (Å²) in [4.78, 5) is 18.0. The van der Waals surface area contributed by atoms with Crippen LogP contribution in [0, 0.1) is 6.92 Å². The highest BCUT2D eigenvalue weighted by Gasteiger charge is 2.17. The van der Waals surface area contributed by atoms with Gasteiger partial charge in [-0.25, -0.2) is 0 Å². The maximum absolute atomic E-state index is 12.6. The van der Waals surface area contributed by atoms with Gasteiger partial charge in [-0.05, 0) is 42.4 Å². The number of hydrogen-bond donors (Lipinski definition) is 1. The minimum atomic E-state index is 0.169. The number of likely N-dealkylation sites (N-methyl/N-ethyl adjacent to an activating group) is 1. The molecule has 3 nitrogen and oxygen atoms in total. The van der Waals surface area contributed by atoms with E-state index in [4.69, 9.17) is 0 Å². The molecule has 0 radical (unpaired) electrons. The zero-order chi connectivity index (χ0) is 14.8. The molecule has 0 saturated heterocycles. The number of benzene rings is 1. The Bertz CT molecular complexity index is 758. The third kappa shape index (κ3) is 2.91. The van der Waals surface area contributed by atoms with Crippen LogP contribution in [0.5, 0.6) is 0 Å². The van der Waals surface area contributed by atoms with Crippen LogP contribution in [0.15, 0.2) is 41.1 Å². The number of aryl methyl sites for hydroxylation is 1. The molecule has 21 heavy (non-hydrogen) atoms. The topological polar surface area (TPSA) is 36.1 Å². The Morgan fingerprint density at radius 3 is 2.86 bits per heavy atom. The molecular weight excluding hydrogens is 280 g/mol. The molecule has 0 atom stereocenters. The molecule has 3 aromatic rings. The average molecular weight is 298 g/mol. The van der Waals surface area contributed by atoms with E-state index in [0.29, 0.717) is 6.54 Å². The van der Waals surface area contributed by atoms with Gasteiger partial charge in [-0.15, -0.1) is 0 Å². The second-order valence-electron chi connectivity index (χ2n) is 5.40. The number of ketones is 1. The number of carbonyl (C=O) groups is 1. The summed E-state index contributed by atoms with van der Waals surface area (Å²) in [6, 6.07) is 10.1. The van der Waals surface area contributed by atoms with Crippen molar-refractivity contribution in [3.05, 3.63) is 57.9 Å². The number of nitrogens with zero attached hydrogens (tertiary/aromatic N) is 1. The summed E-state index contributed by atoms with van der Waals surface area (Å²) in [5, 5.41) is 5.20. The van der Waals surface area contributed by atoms with Gasteiger partial charge in [-0.1, -0.05) is 18.2 Å². The number of H-pyrrole nitrogens is 1. The predicted molar refractivity (Wildman–Crippen MR) is 88.0 cm³/mol. The quantitative estimate of drug-likeness (QED) is 0.726. The van der Waals surface area contributed by atoms with E-state index >= 15 is 0 Å². The van der Waals surface area contributed by atoms with Gasteiger partial charge in [0.05, 0.1) is 6.54 Å². The van der Waals surface area contributed by atoms with Crippen LogP contribution in [0.1, 0.15) is 21.6 Å². The molecule has 2 heterocycles. The molecule has 108 valence electrons. The smallest absolute Gasteiger partial charge is 0.179 e. The molecule has 2 aromatic heterocycles. The number of fused-ring (bicyclic) bond motifs is 1. The van der Waals surface area contributed by atoms with Crippen LogP contribution < -0.4 is 0 Å². The summed E-state index contributed by atoms with van der Waals surface area (Å²) in [5.74, 6) is 0.169. The van der Waals surface area contributed by atoms with Crippen LogP contribution in [-0.2, 0) is 6.54 Å². The number of rotatable bonds is 5. The first-order valence-electron chi connectivity index (χ1n) is 6.95. The molecule has 0 spiro atoms. The van der Waals surface area contributed by atoms with E-state index in [1.807, 2.05) is 38.2 Å². The summed E-state index contributed by atoms with van der Waals surface area (Å²) in [5.41, 5.74) is 4.05. The fourth-order valence-corrected chi connectivity index (χ4v) is 3.37. The first kappa shape index (κ1) is 14.0. The summed E-state index contributed by atoms with van der Waals surface area (Å²) < 4.78 is 0. The van der Waals surface area contributed by atoms with Crippen molar-refractivity contribution >= 4 is 28.0 Å². The van der Waals surface area contributed by atoms with Gasteiger partial charge in [0, 0.05) is 28.7 Å². The van der Waals surface area contributed by atoms with Crippen LogP contribution in [0.25, 0.3) is 10.9 Å². The van der Waals surface area contributed by atoms with E-state index < -0.39 is 0 Å². The van der Waals surface area contributed by atoms with E-state index in [2.05, 4.69) is 26.7 Å². The number of carbonyl (C=O) groups excluding carboxylic acids is 1. The van der Waals surface area contributed by atoms with Gasteiger partial charge in [0.1, 0.15) is 0 Å². The molecule has 0 aliphatic rings. The zero-order valence-electron chi connectivity index (χ0n) is 12.2. The first-order valence-corrected chi connectivity index (χ1v) is 7.89. The SMILES string of the molecule is Cc1[nH]c2ccccc2c1C(=O)CN(C)Cc1ccsc1. The van der Waals surface area contributed by atoms with E-state index in [1.54, 1.807) is 11.3 Å². The van der Waals surface area contributed by atoms with E-state index in [9.17, 15) is 4.79 Å². The molecule has 0 saturated carbocycles. The van der Waals surface area contributed by atoms with Crippen molar-refractivity contribution < 1.29 is 4.79 Å². The summed E-state index contributed by atoms with van der Waals surface area (Å²) in [7, 11) is 1.99. The van der Waals surface area contributed by atoms with Crippen LogP contribution in [0.2, 0.25) is 0 Å². The molecule has 0 fully saturated rings. The van der Waals surface area contributed by atoms with Crippen LogP contribution in [0.4, 0.5) is 0 Å². The molecule has 0 aliphatic heterocycles. The highest BCUT2D eigenvalue weighted by atomic mass is 32.1. The normalized spacial score (nSPS) is 11.4. The van der Waals surface area contributed by atoms with Crippen LogP contribution in [0.3, 0.4) is 0 Å². The molecule has 0 unspecified atom stereocenters. The third-order valence-electron chi connectivity index (χ3n) is 3.62. The summed E-state index contributed by atoms with van der Waals surface area (Å²) >= 11 is 1.69. The number of nitrogens with one attached hydrogen (secondary N) is 1. The second kappa shape index (κ2) is 5.84. The lowest BCUT2D eigenvalue weighted by atomic mass is 10.1. The molecule has 0 aliphatic carbocycles. The standard InChI is InChI=1S/C17H18N2OS/c1-12-17(14-5-3-4-6-15(14)18-12)16(20)10-19(2)9-13-7-8-21-11-13/h3-8,11,18H,9-10H2,1-2H3. The third-order valence-corrected chi connectivity index (χ3v) is 4.35. The Balaban J connectivity index is 1.79. The first-order chi connectivity index (χ1) is 10.1. The fourth-order valence-electron chi connectivity index (χ4n) is 2.71. The van der Waals surface area contributed by atoms with Crippen LogP contribution >= 0.6 is 11.3 Å². The number of Topliss-reactive ketones (excluding diaryl/α,β-unsaturated/α-hetero) is 1. The van der Waals surface area contributed by atoms with E-state index in [-0.39, 0.29) is 5.78 Å². The Labute approximate surface area is 128 Å².